The van der Waals surface area contributed by atoms with Crippen molar-refractivity contribution >= 4 is 146 Å². The maximum atomic E-state index is 13.7. The molecule has 6 aromatic heterocycles. The van der Waals surface area contributed by atoms with Crippen LogP contribution in [0.2, 0.25) is 33.2 Å². The standard InChI is InChI=1S/C37H48N6O5SSi.C25H26BrN5O4S.C18H34BNO3Si.CH3F.CH4/c1-22(2)50(23(3)4,24(5)6)33-38-21-30(46-33)25-14-13-15-26(18-25)31-40-41-32(49-31)42(34(44)47-36(7,8)9)28-16-17-29-27(19-28)20-39-43(29)35(45)48-37(10,11)12;1-24(2,3)34-22(32)30(21-29-28-20(36-21)15-8-7-9-17(26)12-15)18-10-11-19-16(13-18)14-27-31(19)23(33)35-25(4,5)6;1-12(2)24(13(3)4,14(5)6)16-20-11-15(21-16)19-22-17(7,8)18(9,10)23-19;1-2;/h13-24H,1-12H3;7-14H,1-6H3;11-14H,1-10H3;1H3;1H4/i;;;1D;. The fraction of sp³-hybridized carbons (Fsp3) is 0.512. The van der Waals surface area contributed by atoms with Crippen LogP contribution in [0.3, 0.4) is 0 Å². The Morgan fingerprint density at radius 1 is 0.513 bits per heavy atom. The first kappa shape index (κ1) is 90.2. The summed E-state index contributed by atoms with van der Waals surface area (Å²) in [5, 5.41) is 29.1. The summed E-state index contributed by atoms with van der Waals surface area (Å²) >= 11 is 5.99. The van der Waals surface area contributed by atoms with E-state index < -0.39 is 77.2 Å². The van der Waals surface area contributed by atoms with Crippen molar-refractivity contribution < 1.29 is 62.0 Å². The van der Waals surface area contributed by atoms with E-state index in [1.807, 2.05) is 60.9 Å². The Balaban J connectivity index is 0.000000246. The summed E-state index contributed by atoms with van der Waals surface area (Å²) in [7, 11) is -5.44. The van der Waals surface area contributed by atoms with Crippen molar-refractivity contribution in [3.8, 4) is 32.5 Å². The molecule has 0 saturated carbocycles. The first-order valence-electron chi connectivity index (χ1n) is 38.3. The van der Waals surface area contributed by atoms with Crippen LogP contribution < -0.4 is 26.5 Å². The molecule has 1 aliphatic rings. The lowest BCUT2D eigenvalue weighted by Crippen LogP contribution is -2.56. The van der Waals surface area contributed by atoms with Gasteiger partial charge in [-0.05, 0) is 199 Å². The molecule has 1 fully saturated rings. The van der Waals surface area contributed by atoms with Crippen molar-refractivity contribution in [3.05, 3.63) is 114 Å². The monoisotopic (exact) mass is 1690 g/mol. The normalized spacial score (nSPS) is 14.0. The molecule has 0 N–H and O–H groups in total. The second-order valence-corrected chi connectivity index (χ2v) is 48.9. The third-order valence-electron chi connectivity index (χ3n) is 19.6. The van der Waals surface area contributed by atoms with Gasteiger partial charge in [0.25, 0.3) is 0 Å². The van der Waals surface area contributed by atoms with E-state index in [0.717, 1.165) is 32.2 Å². The van der Waals surface area contributed by atoms with Gasteiger partial charge >= 0.3 is 31.5 Å². The van der Waals surface area contributed by atoms with Gasteiger partial charge in [-0.2, -0.15) is 19.6 Å². The van der Waals surface area contributed by atoms with E-state index in [2.05, 4.69) is 157 Å². The number of benzene rings is 4. The van der Waals surface area contributed by atoms with Crippen LogP contribution in [-0.2, 0) is 28.3 Å². The number of carbonyl (C=O) groups excluding carboxylic acids is 4. The smallest absolute Gasteiger partial charge is 0.454 e. The average molecular weight is 1690 g/mol. The molecule has 31 heteroatoms. The molecule has 0 radical (unpaired) electrons. The van der Waals surface area contributed by atoms with Gasteiger partial charge in [0.15, 0.2) is 38.6 Å². The van der Waals surface area contributed by atoms with Crippen LogP contribution in [0.5, 0.6) is 0 Å². The van der Waals surface area contributed by atoms with E-state index in [1.165, 1.54) is 41.8 Å². The molecule has 0 bridgehead atoms. The van der Waals surface area contributed by atoms with Gasteiger partial charge in [-0.25, -0.2) is 38.9 Å². The Hall–Kier alpha value is -8.33. The summed E-state index contributed by atoms with van der Waals surface area (Å²) in [6.07, 6.45) is 4.35. The number of anilines is 4. The Kier molecular flexibility index (Phi) is 28.6. The van der Waals surface area contributed by atoms with Crippen LogP contribution in [0.1, 0.15) is 203 Å². The van der Waals surface area contributed by atoms with E-state index in [9.17, 15) is 23.6 Å². The van der Waals surface area contributed by atoms with E-state index in [4.69, 9.17) is 48.4 Å². The quantitative estimate of drug-likeness (QED) is 0.0642. The van der Waals surface area contributed by atoms with E-state index in [0.29, 0.717) is 98.1 Å². The number of hydrogen-bond acceptors (Lipinski definition) is 22. The van der Waals surface area contributed by atoms with Crippen LogP contribution in [0.25, 0.3) is 54.3 Å². The van der Waals surface area contributed by atoms with Gasteiger partial charge in [0.05, 0.1) is 66.9 Å². The van der Waals surface area contributed by atoms with E-state index in [-0.39, 0.29) is 18.6 Å². The number of halogens is 2. The van der Waals surface area contributed by atoms with Crippen molar-refractivity contribution in [2.45, 2.75) is 268 Å². The van der Waals surface area contributed by atoms with Gasteiger partial charge in [-0.1, -0.05) is 159 Å². The lowest BCUT2D eigenvalue weighted by atomic mass is 9.87. The predicted octanol–water partition coefficient (Wildman–Crippen LogP) is 22.2. The third-order valence-corrected chi connectivity index (χ3v) is 35.4. The SMILES string of the molecule is C.CC(C)(C)OC(=O)N(c1ccc2c(cnn2C(=O)OC(C)(C)C)c1)c1nnc(-c2cccc(Br)c2)s1.CC(C)[Si](c1ncc(-c2cccc(-c3nnc(N(C(=O)OC(C)(C)C)c4ccc5c(cnn5C(=O)OC(C)(C)C)c4)s3)c2)o1)(C(C)C)C(C)C.CC(C)[Si](c1ncc(B2OC(C)(C)C(C)(C)O2)o1)(C(C)C)C(C)C.[2H]CF. The number of carbonyl (C=O) groups is 4. The first-order valence-corrected chi connectivity index (χ1v) is 44.4. The zero-order valence-electron chi connectivity index (χ0n) is 71.0. The minimum atomic E-state index is -2.07. The number of ether oxygens (including phenoxy) is 4. The molecule has 0 unspecified atom stereocenters. The summed E-state index contributed by atoms with van der Waals surface area (Å²) in [6.45, 7) is 57.4. The fourth-order valence-corrected chi connectivity index (χ4v) is 28.6. The second-order valence-electron chi connectivity index (χ2n) is 34.5. The highest BCUT2D eigenvalue weighted by Crippen LogP contribution is 2.45. The number of alkyl halides is 1. The zero-order chi connectivity index (χ0) is 84.2. The first-order chi connectivity index (χ1) is 52.4. The van der Waals surface area contributed by atoms with E-state index >= 15 is 0 Å². The minimum Gasteiger partial charge on any atom is -0.454 e. The molecule has 113 heavy (non-hydrogen) atoms. The lowest BCUT2D eigenvalue weighted by molar-refractivity contribution is 0.00578. The van der Waals surface area contributed by atoms with Crippen molar-refractivity contribution in [2.75, 3.05) is 17.0 Å². The highest BCUT2D eigenvalue weighted by molar-refractivity contribution is 9.10. The van der Waals surface area contributed by atoms with Crippen molar-refractivity contribution in [1.29, 1.82) is 0 Å². The molecule has 0 spiro atoms. The Morgan fingerprint density at radius 3 is 1.26 bits per heavy atom. The van der Waals surface area contributed by atoms with Gasteiger partial charge in [0.1, 0.15) is 32.4 Å². The van der Waals surface area contributed by atoms with Crippen LogP contribution in [0.15, 0.2) is 123 Å². The number of hydrogen-bond donors (Lipinski definition) is 0. The Labute approximate surface area is 685 Å². The van der Waals surface area contributed by atoms with Gasteiger partial charge < -0.3 is 37.1 Å². The highest BCUT2D eigenvalue weighted by Gasteiger charge is 2.55. The summed E-state index contributed by atoms with van der Waals surface area (Å²) < 4.78 is 66.4. The van der Waals surface area contributed by atoms with Crippen LogP contribution in [-0.4, -0.2) is 138 Å². The number of oxazole rings is 2. The van der Waals surface area contributed by atoms with Crippen LogP contribution >= 0.6 is 38.6 Å². The van der Waals surface area contributed by atoms with Gasteiger partial charge in [-0.3, -0.25) is 4.39 Å². The van der Waals surface area contributed by atoms with Crippen molar-refractivity contribution in [3.63, 3.8) is 0 Å². The summed E-state index contributed by atoms with van der Waals surface area (Å²) in [4.78, 5) is 64.7. The third kappa shape index (κ3) is 20.9. The molecule has 0 aliphatic carbocycles. The molecule has 4 aromatic carbocycles. The molecule has 24 nitrogen and oxygen atoms in total. The molecule has 11 rings (SSSR count). The lowest BCUT2D eigenvalue weighted by Gasteiger charge is -2.39. The minimum absolute atomic E-state index is 0. The molecule has 7 heterocycles. The molecule has 2 amide bonds. The van der Waals surface area contributed by atoms with Gasteiger partial charge in [0.2, 0.25) is 10.3 Å². The molecular formula is C82H115BBrFN12O12S2Si2. The predicted molar refractivity (Wildman–Crippen MR) is 461 cm³/mol. The molecular weight excluding hydrogens is 1570 g/mol. The molecule has 612 valence electrons. The second kappa shape index (κ2) is 35.8. The fourth-order valence-electron chi connectivity index (χ4n) is 14.3. The number of nitrogens with zero attached hydrogens (tertiary/aromatic N) is 12. The Bertz CT molecular complexity index is 4890. The van der Waals surface area contributed by atoms with Crippen molar-refractivity contribution in [1.82, 2.24) is 49.9 Å². The summed E-state index contributed by atoms with van der Waals surface area (Å²) in [6, 6.07) is 25.9. The maximum absolute atomic E-state index is 13.7. The summed E-state index contributed by atoms with van der Waals surface area (Å²) in [5.41, 5.74) is 6.66. The average Bonchev–Trinajstić information content (AvgIpc) is 1.55. The highest BCUT2D eigenvalue weighted by atomic mass is 79.9. The largest absolute Gasteiger partial charge is 0.534 e. The topological polar surface area (TPSA) is 269 Å². The Morgan fingerprint density at radius 2 is 0.876 bits per heavy atom. The summed E-state index contributed by atoms with van der Waals surface area (Å²) in [5.74, 6) is 0.709. The molecule has 0 atom stereocenters. The number of aromatic nitrogens is 10. The molecule has 1 saturated heterocycles. The van der Waals surface area contributed by atoms with Crippen LogP contribution in [0, 0.1) is 0 Å². The van der Waals surface area contributed by atoms with Gasteiger partial charge in [-0.15, -0.1) is 20.4 Å². The number of fused-ring (bicyclic) bond motifs is 2. The van der Waals surface area contributed by atoms with Crippen molar-refractivity contribution in [2.24, 2.45) is 0 Å². The maximum Gasteiger partial charge on any atom is 0.534 e. The van der Waals surface area contributed by atoms with Crippen LogP contribution in [0.4, 0.5) is 45.2 Å². The number of amides is 2. The van der Waals surface area contributed by atoms with E-state index in [1.54, 1.807) is 132 Å². The van der Waals surface area contributed by atoms with Gasteiger partial charge in [0, 0.05) is 31.9 Å². The number of rotatable bonds is 16. The molecule has 10 aromatic rings. The molecule has 1 aliphatic heterocycles. The zero-order valence-corrected chi connectivity index (χ0v) is 75.2.